The molecule has 0 fully saturated rings. The molecule has 0 aromatic heterocycles. The van der Waals surface area contributed by atoms with Crippen molar-refractivity contribution in [2.45, 2.75) is 6.61 Å². The van der Waals surface area contributed by atoms with Crippen LogP contribution in [0.2, 0.25) is 0 Å². The first-order valence-corrected chi connectivity index (χ1v) is 3.66. The third kappa shape index (κ3) is 2.36. The number of carbonyl (C=O) groups excluding carboxylic acids is 1. The fraction of sp³-hybridized carbons (Fsp3) is 0.125. The standard InChI is InChI=1S/C8H5F4NO2/c9-5-3(7(13)14)1-2-4(6(5)10)15-8(11)12/h1-2,8H,(H2,13,14). The summed E-state index contributed by atoms with van der Waals surface area (Å²) >= 11 is 0. The summed E-state index contributed by atoms with van der Waals surface area (Å²) in [6.45, 7) is -3.28. The maximum absolute atomic E-state index is 13.0. The smallest absolute Gasteiger partial charge is 0.387 e. The molecule has 0 saturated heterocycles. The molecular weight excluding hydrogens is 218 g/mol. The molecule has 0 unspecified atom stereocenters. The van der Waals surface area contributed by atoms with Crippen molar-refractivity contribution >= 4 is 5.91 Å². The molecule has 3 nitrogen and oxygen atoms in total. The first-order valence-electron chi connectivity index (χ1n) is 3.66. The number of rotatable bonds is 3. The number of hydrogen-bond donors (Lipinski definition) is 1. The van der Waals surface area contributed by atoms with Gasteiger partial charge in [0.05, 0.1) is 5.56 Å². The Kier molecular flexibility index (Phi) is 3.13. The summed E-state index contributed by atoms with van der Waals surface area (Å²) in [5.41, 5.74) is 3.97. The van der Waals surface area contributed by atoms with E-state index in [2.05, 4.69) is 4.74 Å². The summed E-state index contributed by atoms with van der Waals surface area (Å²) < 4.78 is 52.9. The molecule has 0 aliphatic heterocycles. The number of amides is 1. The van der Waals surface area contributed by atoms with E-state index >= 15 is 0 Å². The predicted molar refractivity (Wildman–Crippen MR) is 41.5 cm³/mol. The normalized spacial score (nSPS) is 10.5. The fourth-order valence-corrected chi connectivity index (χ4v) is 0.909. The summed E-state index contributed by atoms with van der Waals surface area (Å²) in [6.07, 6.45) is 0. The first-order chi connectivity index (χ1) is 6.93. The van der Waals surface area contributed by atoms with Crippen molar-refractivity contribution in [3.05, 3.63) is 29.3 Å². The third-order valence-corrected chi connectivity index (χ3v) is 1.53. The van der Waals surface area contributed by atoms with E-state index < -0.39 is 35.5 Å². The zero-order valence-electron chi connectivity index (χ0n) is 7.14. The zero-order valence-corrected chi connectivity index (χ0v) is 7.14. The molecule has 1 amide bonds. The molecule has 0 saturated carbocycles. The molecular formula is C8H5F4NO2. The molecule has 0 radical (unpaired) electrons. The van der Waals surface area contributed by atoms with Gasteiger partial charge in [-0.2, -0.15) is 13.2 Å². The molecule has 0 aliphatic carbocycles. The molecule has 7 heteroatoms. The van der Waals surface area contributed by atoms with Gasteiger partial charge in [-0.25, -0.2) is 4.39 Å². The molecule has 0 atom stereocenters. The number of ether oxygens (including phenoxy) is 1. The van der Waals surface area contributed by atoms with Crippen LogP contribution < -0.4 is 10.5 Å². The predicted octanol–water partition coefficient (Wildman–Crippen LogP) is 1.67. The van der Waals surface area contributed by atoms with Crippen molar-refractivity contribution in [2.75, 3.05) is 0 Å². The summed E-state index contributed by atoms with van der Waals surface area (Å²) in [4.78, 5) is 10.5. The van der Waals surface area contributed by atoms with Gasteiger partial charge in [-0.1, -0.05) is 0 Å². The van der Waals surface area contributed by atoms with Crippen LogP contribution in [0.25, 0.3) is 0 Å². The number of primary amides is 1. The van der Waals surface area contributed by atoms with E-state index in [1.54, 1.807) is 0 Å². The van der Waals surface area contributed by atoms with Crippen molar-refractivity contribution in [1.82, 2.24) is 0 Å². The van der Waals surface area contributed by atoms with Crippen LogP contribution in [0.15, 0.2) is 12.1 Å². The average Bonchev–Trinajstić information content (AvgIpc) is 2.12. The maximum Gasteiger partial charge on any atom is 0.387 e. The number of hydrogen-bond acceptors (Lipinski definition) is 2. The van der Waals surface area contributed by atoms with Gasteiger partial charge in [0.2, 0.25) is 5.82 Å². The van der Waals surface area contributed by atoms with Crippen LogP contribution in [0.4, 0.5) is 17.6 Å². The molecule has 0 heterocycles. The molecule has 15 heavy (non-hydrogen) atoms. The highest BCUT2D eigenvalue weighted by molar-refractivity contribution is 5.93. The third-order valence-electron chi connectivity index (χ3n) is 1.53. The number of alkyl halides is 2. The van der Waals surface area contributed by atoms with Gasteiger partial charge in [0.1, 0.15) is 0 Å². The molecule has 0 bridgehead atoms. The highest BCUT2D eigenvalue weighted by Gasteiger charge is 2.19. The van der Waals surface area contributed by atoms with Crippen molar-refractivity contribution < 1.29 is 27.1 Å². The van der Waals surface area contributed by atoms with E-state index in [9.17, 15) is 22.4 Å². The van der Waals surface area contributed by atoms with Gasteiger partial charge in [0.15, 0.2) is 11.6 Å². The van der Waals surface area contributed by atoms with Crippen molar-refractivity contribution in [3.63, 3.8) is 0 Å². The average molecular weight is 223 g/mol. The van der Waals surface area contributed by atoms with Gasteiger partial charge in [-0.3, -0.25) is 4.79 Å². The van der Waals surface area contributed by atoms with Crippen molar-refractivity contribution in [3.8, 4) is 5.75 Å². The summed E-state index contributed by atoms with van der Waals surface area (Å²) in [5, 5.41) is 0. The SMILES string of the molecule is NC(=O)c1ccc(OC(F)F)c(F)c1F. The second-order valence-corrected chi connectivity index (χ2v) is 2.48. The summed E-state index contributed by atoms with van der Waals surface area (Å²) in [6, 6.07) is 1.46. The first kappa shape index (κ1) is 11.3. The molecule has 2 N–H and O–H groups in total. The number of halogens is 4. The Hall–Kier alpha value is -1.79. The highest BCUT2D eigenvalue weighted by Crippen LogP contribution is 2.23. The van der Waals surface area contributed by atoms with E-state index in [4.69, 9.17) is 5.73 Å². The Morgan fingerprint density at radius 1 is 1.27 bits per heavy atom. The minimum atomic E-state index is -3.28. The largest absolute Gasteiger partial charge is 0.432 e. The van der Waals surface area contributed by atoms with Crippen LogP contribution in [0, 0.1) is 11.6 Å². The highest BCUT2D eigenvalue weighted by atomic mass is 19.3. The topological polar surface area (TPSA) is 52.3 Å². The molecule has 82 valence electrons. The van der Waals surface area contributed by atoms with E-state index in [1.165, 1.54) is 0 Å². The summed E-state index contributed by atoms with van der Waals surface area (Å²) in [5.74, 6) is -5.46. The van der Waals surface area contributed by atoms with Crippen LogP contribution in [-0.4, -0.2) is 12.5 Å². The van der Waals surface area contributed by atoms with Crippen molar-refractivity contribution in [2.24, 2.45) is 5.73 Å². The van der Waals surface area contributed by atoms with Crippen LogP contribution in [0.3, 0.4) is 0 Å². The van der Waals surface area contributed by atoms with Crippen LogP contribution >= 0.6 is 0 Å². The van der Waals surface area contributed by atoms with Gasteiger partial charge < -0.3 is 10.5 Å². The van der Waals surface area contributed by atoms with E-state index in [-0.39, 0.29) is 0 Å². The Labute approximate surface area is 81.4 Å². The van der Waals surface area contributed by atoms with Crippen molar-refractivity contribution in [1.29, 1.82) is 0 Å². The van der Waals surface area contributed by atoms with Crippen LogP contribution in [-0.2, 0) is 0 Å². The molecule has 1 rings (SSSR count). The molecule has 0 aliphatic rings. The molecule has 1 aromatic carbocycles. The molecule has 1 aromatic rings. The van der Waals surface area contributed by atoms with Gasteiger partial charge in [-0.05, 0) is 12.1 Å². The van der Waals surface area contributed by atoms with Gasteiger partial charge in [0, 0.05) is 0 Å². The van der Waals surface area contributed by atoms with Gasteiger partial charge in [0.25, 0.3) is 5.91 Å². The Morgan fingerprint density at radius 2 is 1.87 bits per heavy atom. The Bertz CT molecular complexity index is 394. The fourth-order valence-electron chi connectivity index (χ4n) is 0.909. The second-order valence-electron chi connectivity index (χ2n) is 2.48. The number of carbonyl (C=O) groups is 1. The number of nitrogens with two attached hydrogens (primary N) is 1. The zero-order chi connectivity index (χ0) is 11.6. The van der Waals surface area contributed by atoms with Crippen LogP contribution in [0.5, 0.6) is 5.75 Å². The Morgan fingerprint density at radius 3 is 2.33 bits per heavy atom. The van der Waals surface area contributed by atoms with Crippen LogP contribution in [0.1, 0.15) is 10.4 Å². The number of benzene rings is 1. The van der Waals surface area contributed by atoms with Gasteiger partial charge >= 0.3 is 6.61 Å². The quantitative estimate of drug-likeness (QED) is 0.792. The molecule has 0 spiro atoms. The van der Waals surface area contributed by atoms with Gasteiger partial charge in [-0.15, -0.1) is 0 Å². The second kappa shape index (κ2) is 4.16. The lowest BCUT2D eigenvalue weighted by molar-refractivity contribution is -0.0525. The maximum atomic E-state index is 13.0. The minimum absolute atomic E-state index is 0.699. The lowest BCUT2D eigenvalue weighted by atomic mass is 10.2. The van der Waals surface area contributed by atoms with E-state index in [0.717, 1.165) is 6.07 Å². The minimum Gasteiger partial charge on any atom is -0.432 e. The lowest BCUT2D eigenvalue weighted by Crippen LogP contribution is -2.15. The van der Waals surface area contributed by atoms with E-state index in [1.807, 2.05) is 0 Å². The lowest BCUT2D eigenvalue weighted by Gasteiger charge is -2.07. The Balaban J connectivity index is 3.15. The summed E-state index contributed by atoms with van der Waals surface area (Å²) in [7, 11) is 0. The van der Waals surface area contributed by atoms with E-state index in [0.29, 0.717) is 6.07 Å². The monoisotopic (exact) mass is 223 g/mol.